The smallest absolute Gasteiger partial charge is 0.207 e. The first-order chi connectivity index (χ1) is 4.72. The molecule has 1 nitrogen and oxygen atoms in total. The maximum absolute atomic E-state index is 3.80. The van der Waals surface area contributed by atoms with E-state index in [1.807, 2.05) is 23.8 Å². The predicted molar refractivity (Wildman–Crippen MR) is 44.1 cm³/mol. The number of nitrogens with zero attached hydrogens (tertiary/aromatic N) is 1. The summed E-state index contributed by atoms with van der Waals surface area (Å²) in [4.78, 5) is 0. The number of hydrogen-bond donors (Lipinski definition) is 0. The lowest BCUT2D eigenvalue weighted by Crippen LogP contribution is -1.93. The molecular formula is C9H12N+. The van der Waals surface area contributed by atoms with Gasteiger partial charge < -0.3 is 0 Å². The molecule has 0 heterocycles. The Labute approximate surface area is 61.6 Å². The Morgan fingerprint density at radius 2 is 1.90 bits per heavy atom. The average Bonchev–Trinajstić information content (AvgIpc) is 1.88. The van der Waals surface area contributed by atoms with E-state index in [9.17, 15) is 0 Å². The van der Waals surface area contributed by atoms with Crippen molar-refractivity contribution in [1.29, 1.82) is 0 Å². The summed E-state index contributed by atoms with van der Waals surface area (Å²) in [6, 6.07) is 8.19. The second-order valence-electron chi connectivity index (χ2n) is 2.48. The summed E-state index contributed by atoms with van der Waals surface area (Å²) in [6.07, 6.45) is 0. The van der Waals surface area contributed by atoms with Crippen LogP contribution in [0.5, 0.6) is 0 Å². The molecule has 1 heteroatoms. The van der Waals surface area contributed by atoms with E-state index in [0.29, 0.717) is 0 Å². The zero-order chi connectivity index (χ0) is 7.56. The lowest BCUT2D eigenvalue weighted by molar-refractivity contribution is -0.395. The zero-order valence-electron chi connectivity index (χ0n) is 6.46. The molecule has 0 unspecified atom stereocenters. The van der Waals surface area contributed by atoms with Gasteiger partial charge in [0.1, 0.15) is 13.8 Å². The fraction of sp³-hybridized carbons (Fsp3) is 0.222. The molecule has 0 saturated heterocycles. The molecule has 0 aromatic heterocycles. The molecule has 52 valence electrons. The van der Waals surface area contributed by atoms with Crippen molar-refractivity contribution in [3.8, 4) is 0 Å². The predicted octanol–water partition coefficient (Wildman–Crippen LogP) is 1.97. The molecule has 0 aliphatic heterocycles. The fourth-order valence-electron chi connectivity index (χ4n) is 0.992. The molecule has 1 aromatic rings. The van der Waals surface area contributed by atoms with Crippen LogP contribution in [0, 0.1) is 6.92 Å². The van der Waals surface area contributed by atoms with Gasteiger partial charge in [0.05, 0.1) is 0 Å². The van der Waals surface area contributed by atoms with Crippen molar-refractivity contribution in [2.75, 3.05) is 7.05 Å². The van der Waals surface area contributed by atoms with Crippen molar-refractivity contribution in [3.63, 3.8) is 0 Å². The molecule has 10 heavy (non-hydrogen) atoms. The van der Waals surface area contributed by atoms with Gasteiger partial charge in [-0.15, -0.1) is 0 Å². The van der Waals surface area contributed by atoms with Crippen molar-refractivity contribution >= 4 is 12.4 Å². The zero-order valence-corrected chi connectivity index (χ0v) is 6.46. The molecule has 0 spiro atoms. The Kier molecular flexibility index (Phi) is 1.86. The van der Waals surface area contributed by atoms with Crippen molar-refractivity contribution in [3.05, 3.63) is 29.8 Å². The minimum atomic E-state index is 1.18. The minimum Gasteiger partial charge on any atom is -0.208 e. The molecule has 0 aliphatic carbocycles. The van der Waals surface area contributed by atoms with E-state index in [1.54, 1.807) is 0 Å². The summed E-state index contributed by atoms with van der Waals surface area (Å²) in [6.45, 7) is 5.88. The third-order valence-corrected chi connectivity index (χ3v) is 1.53. The van der Waals surface area contributed by atoms with Gasteiger partial charge in [-0.2, -0.15) is 0 Å². The van der Waals surface area contributed by atoms with Crippen LogP contribution < -0.4 is 0 Å². The summed E-state index contributed by atoms with van der Waals surface area (Å²) in [5, 5.41) is 0. The van der Waals surface area contributed by atoms with Gasteiger partial charge in [0.15, 0.2) is 0 Å². The molecule has 0 radical (unpaired) electrons. The molecule has 0 aliphatic rings. The summed E-state index contributed by atoms with van der Waals surface area (Å²) >= 11 is 0. The Morgan fingerprint density at radius 3 is 2.30 bits per heavy atom. The Morgan fingerprint density at radius 1 is 1.30 bits per heavy atom. The normalized spacial score (nSPS) is 9.40. The summed E-state index contributed by atoms with van der Waals surface area (Å²) in [7, 11) is 1.95. The first-order valence-electron chi connectivity index (χ1n) is 3.31. The molecule has 1 rings (SSSR count). The maximum atomic E-state index is 3.80. The quantitative estimate of drug-likeness (QED) is 0.408. The molecule has 0 amide bonds. The highest BCUT2D eigenvalue weighted by Crippen LogP contribution is 2.14. The number of aryl methyl sites for hydroxylation is 1. The molecule has 0 N–H and O–H groups in total. The van der Waals surface area contributed by atoms with Gasteiger partial charge in [-0.05, 0) is 6.92 Å². The van der Waals surface area contributed by atoms with Gasteiger partial charge in [0, 0.05) is 11.6 Å². The minimum absolute atomic E-state index is 1.18. The average molecular weight is 134 g/mol. The Hall–Kier alpha value is -1.11. The second-order valence-corrected chi connectivity index (χ2v) is 2.48. The molecule has 1 aromatic carbocycles. The first-order valence-corrected chi connectivity index (χ1v) is 3.31. The summed E-state index contributed by atoms with van der Waals surface area (Å²) < 4.78 is 1.87. The number of rotatable bonds is 1. The topological polar surface area (TPSA) is 3.01 Å². The number of para-hydroxylation sites is 1. The lowest BCUT2D eigenvalue weighted by atomic mass is 10.2. The van der Waals surface area contributed by atoms with Crippen LogP contribution in [0.15, 0.2) is 24.3 Å². The van der Waals surface area contributed by atoms with Gasteiger partial charge in [0.2, 0.25) is 5.69 Å². The largest absolute Gasteiger partial charge is 0.208 e. The van der Waals surface area contributed by atoms with Crippen LogP contribution in [-0.4, -0.2) is 18.3 Å². The Balaban J connectivity index is 3.15. The van der Waals surface area contributed by atoms with Gasteiger partial charge in [-0.3, -0.25) is 0 Å². The van der Waals surface area contributed by atoms with Crippen molar-refractivity contribution in [2.45, 2.75) is 6.92 Å². The van der Waals surface area contributed by atoms with Gasteiger partial charge >= 0.3 is 0 Å². The molecule has 0 saturated carbocycles. The number of benzene rings is 1. The van der Waals surface area contributed by atoms with Crippen LogP contribution in [0.25, 0.3) is 0 Å². The van der Waals surface area contributed by atoms with E-state index in [1.165, 1.54) is 11.3 Å². The Bertz CT molecular complexity index is 251. The summed E-state index contributed by atoms with van der Waals surface area (Å²) in [5.41, 5.74) is 2.45. The molecule has 0 bridgehead atoms. The highest BCUT2D eigenvalue weighted by molar-refractivity contribution is 5.40. The van der Waals surface area contributed by atoms with E-state index >= 15 is 0 Å². The van der Waals surface area contributed by atoms with E-state index in [4.69, 9.17) is 0 Å². The first kappa shape index (κ1) is 7.00. The van der Waals surface area contributed by atoms with Gasteiger partial charge in [0.25, 0.3) is 0 Å². The van der Waals surface area contributed by atoms with Crippen LogP contribution in [0.4, 0.5) is 5.69 Å². The van der Waals surface area contributed by atoms with Crippen LogP contribution in [0.2, 0.25) is 0 Å². The fourth-order valence-corrected chi connectivity index (χ4v) is 0.992. The molecule has 0 atom stereocenters. The van der Waals surface area contributed by atoms with Crippen LogP contribution in [-0.2, 0) is 0 Å². The summed E-state index contributed by atoms with van der Waals surface area (Å²) in [5.74, 6) is 0. The van der Waals surface area contributed by atoms with Gasteiger partial charge in [-0.1, -0.05) is 18.2 Å². The van der Waals surface area contributed by atoms with Crippen molar-refractivity contribution in [1.82, 2.24) is 0 Å². The maximum Gasteiger partial charge on any atom is 0.207 e. The SMILES string of the molecule is C=[N+](C)c1ccccc1C. The van der Waals surface area contributed by atoms with Crippen LogP contribution in [0.3, 0.4) is 0 Å². The standard InChI is InChI=1S/C9H12N/c1-8-6-4-5-7-9(8)10(2)3/h4-7H,2H2,1,3H3/q+1. The van der Waals surface area contributed by atoms with E-state index in [0.717, 1.165) is 0 Å². The van der Waals surface area contributed by atoms with Crippen LogP contribution >= 0.6 is 0 Å². The van der Waals surface area contributed by atoms with E-state index in [-0.39, 0.29) is 0 Å². The van der Waals surface area contributed by atoms with Crippen molar-refractivity contribution in [2.24, 2.45) is 0 Å². The monoisotopic (exact) mass is 134 g/mol. The lowest BCUT2D eigenvalue weighted by Gasteiger charge is -1.96. The molecular weight excluding hydrogens is 122 g/mol. The van der Waals surface area contributed by atoms with Gasteiger partial charge in [-0.25, -0.2) is 4.58 Å². The van der Waals surface area contributed by atoms with E-state index in [2.05, 4.69) is 25.8 Å². The van der Waals surface area contributed by atoms with Crippen molar-refractivity contribution < 1.29 is 4.58 Å². The number of hydrogen-bond acceptors (Lipinski definition) is 0. The van der Waals surface area contributed by atoms with E-state index < -0.39 is 0 Å². The van der Waals surface area contributed by atoms with Crippen LogP contribution in [0.1, 0.15) is 5.56 Å². The highest BCUT2D eigenvalue weighted by Gasteiger charge is 2.01. The highest BCUT2D eigenvalue weighted by atomic mass is 14.9. The molecule has 0 fully saturated rings. The second kappa shape index (κ2) is 2.65. The third kappa shape index (κ3) is 1.24. The third-order valence-electron chi connectivity index (χ3n) is 1.53.